The summed E-state index contributed by atoms with van der Waals surface area (Å²) < 4.78 is 0. The van der Waals surface area contributed by atoms with E-state index in [4.69, 9.17) is 0 Å². The molecule has 0 aromatic carbocycles. The average Bonchev–Trinajstić information content (AvgIpc) is 3.65. The number of allylic oxidation sites excluding steroid dienone is 2. The summed E-state index contributed by atoms with van der Waals surface area (Å²) in [6.45, 7) is 16.3. The minimum absolute atomic E-state index is 0.145. The molecule has 2 aromatic heterocycles. The Balaban J connectivity index is 1.30. The van der Waals surface area contributed by atoms with Crippen LogP contribution in [0.2, 0.25) is 0 Å². The second-order valence-electron chi connectivity index (χ2n) is 12.3. The molecule has 4 heterocycles. The Hall–Kier alpha value is -4.20. The van der Waals surface area contributed by atoms with Crippen LogP contribution in [0.1, 0.15) is 118 Å². The van der Waals surface area contributed by atoms with Gasteiger partial charge in [0.05, 0.1) is 11.4 Å². The van der Waals surface area contributed by atoms with Crippen molar-refractivity contribution < 1.29 is 19.8 Å². The van der Waals surface area contributed by atoms with Crippen LogP contribution < -0.4 is 0 Å². The van der Waals surface area contributed by atoms with Crippen LogP contribution in [0.4, 0.5) is 0 Å². The number of aromatic amines is 2. The van der Waals surface area contributed by atoms with Crippen molar-refractivity contribution in [1.29, 1.82) is 0 Å². The van der Waals surface area contributed by atoms with Gasteiger partial charge in [-0.1, -0.05) is 33.1 Å². The third-order valence-corrected chi connectivity index (χ3v) is 9.49. The van der Waals surface area contributed by atoms with Gasteiger partial charge in [0, 0.05) is 22.8 Å². The zero-order valence-electron chi connectivity index (χ0n) is 28.1. The van der Waals surface area contributed by atoms with E-state index in [1.165, 1.54) is 52.9 Å². The molecule has 0 spiro atoms. The smallest absolute Gasteiger partial charge is 0.354 e. The number of H-pyrrole nitrogens is 2. The third-order valence-electron chi connectivity index (χ3n) is 9.49. The van der Waals surface area contributed by atoms with Crippen LogP contribution >= 0.6 is 0 Å². The zero-order valence-corrected chi connectivity index (χ0v) is 28.1. The van der Waals surface area contributed by atoms with Gasteiger partial charge in [-0.05, 0) is 137 Å². The van der Waals surface area contributed by atoms with Crippen molar-refractivity contribution in [2.75, 3.05) is 0 Å². The topological polar surface area (TPSA) is 131 Å². The fourth-order valence-corrected chi connectivity index (χ4v) is 6.84. The zero-order chi connectivity index (χ0) is 33.0. The van der Waals surface area contributed by atoms with E-state index < -0.39 is 11.9 Å². The van der Waals surface area contributed by atoms with Crippen molar-refractivity contribution in [3.8, 4) is 0 Å². The van der Waals surface area contributed by atoms with Crippen molar-refractivity contribution in [2.24, 2.45) is 9.98 Å². The molecule has 2 aliphatic heterocycles. The summed E-state index contributed by atoms with van der Waals surface area (Å²) in [5, 5.41) is 19.0. The van der Waals surface area contributed by atoms with Crippen LogP contribution in [-0.4, -0.2) is 43.5 Å². The minimum atomic E-state index is -0.979. The Bertz CT molecular complexity index is 1580. The molecule has 2 aromatic rings. The molecule has 0 unspecified atom stereocenters. The first-order chi connectivity index (χ1) is 21.4. The number of unbranched alkanes of at least 4 members (excludes halogenated alkanes) is 4. The second-order valence-corrected chi connectivity index (χ2v) is 12.3. The van der Waals surface area contributed by atoms with Crippen molar-refractivity contribution in [2.45, 2.75) is 113 Å². The van der Waals surface area contributed by atoms with Crippen molar-refractivity contribution in [1.82, 2.24) is 9.97 Å². The van der Waals surface area contributed by atoms with Gasteiger partial charge >= 0.3 is 11.9 Å². The number of aromatic nitrogens is 2. The van der Waals surface area contributed by atoms with Crippen molar-refractivity contribution >= 4 is 35.5 Å². The number of aliphatic carboxylic acids is 2. The molecule has 0 fully saturated rings. The molecule has 0 bridgehead atoms. The molecule has 240 valence electrons. The maximum atomic E-state index is 11.6. The summed E-state index contributed by atoms with van der Waals surface area (Å²) >= 11 is 0. The third kappa shape index (κ3) is 7.05. The summed E-state index contributed by atoms with van der Waals surface area (Å²) in [7, 11) is 0. The van der Waals surface area contributed by atoms with Crippen LogP contribution in [0.15, 0.2) is 43.7 Å². The number of carboxylic acids is 2. The quantitative estimate of drug-likeness (QED) is 0.159. The lowest BCUT2D eigenvalue weighted by molar-refractivity contribution is -0.130. The SMILES string of the molecule is CCC1=C(C)C(C(=O)O)=N/C1=C\c1[nH]c(C)c(CCCCCCCc2c(C)[nH]c(/C=C3\N=C(C(=O)O)C(C)=C3CC)c2C)c1C. The van der Waals surface area contributed by atoms with Gasteiger partial charge in [-0.3, -0.25) is 0 Å². The molecule has 0 aliphatic carbocycles. The van der Waals surface area contributed by atoms with E-state index in [1.807, 2.05) is 39.8 Å². The normalized spacial score (nSPS) is 16.9. The van der Waals surface area contributed by atoms with Crippen molar-refractivity contribution in [3.63, 3.8) is 0 Å². The van der Waals surface area contributed by atoms with Gasteiger partial charge in [0.15, 0.2) is 11.4 Å². The first kappa shape index (κ1) is 33.7. The molecule has 8 nitrogen and oxygen atoms in total. The highest BCUT2D eigenvalue weighted by molar-refractivity contribution is 6.44. The number of aryl methyl sites for hydroxylation is 2. The molecular formula is C37H48N4O4. The van der Waals surface area contributed by atoms with Crippen LogP contribution in [0.25, 0.3) is 12.2 Å². The number of hydrogen-bond acceptors (Lipinski definition) is 4. The second kappa shape index (κ2) is 14.3. The van der Waals surface area contributed by atoms with Gasteiger partial charge in [0.1, 0.15) is 0 Å². The predicted molar refractivity (Wildman–Crippen MR) is 183 cm³/mol. The summed E-state index contributed by atoms with van der Waals surface area (Å²) in [6, 6.07) is 0. The highest BCUT2D eigenvalue weighted by Gasteiger charge is 2.26. The summed E-state index contributed by atoms with van der Waals surface area (Å²) in [5.41, 5.74) is 14.8. The van der Waals surface area contributed by atoms with E-state index >= 15 is 0 Å². The largest absolute Gasteiger partial charge is 0.477 e. The van der Waals surface area contributed by atoms with Crippen LogP contribution in [0.3, 0.4) is 0 Å². The number of hydrogen-bond donors (Lipinski definition) is 4. The molecule has 4 N–H and O–H groups in total. The van der Waals surface area contributed by atoms with Gasteiger partial charge < -0.3 is 20.2 Å². The van der Waals surface area contributed by atoms with Crippen LogP contribution in [0.5, 0.6) is 0 Å². The number of nitrogens with zero attached hydrogens (tertiary/aromatic N) is 2. The first-order valence-electron chi connectivity index (χ1n) is 16.2. The Morgan fingerprint density at radius 3 is 1.31 bits per heavy atom. The van der Waals surface area contributed by atoms with E-state index in [0.717, 1.165) is 83.6 Å². The maximum Gasteiger partial charge on any atom is 0.354 e. The molecular weight excluding hydrogens is 564 g/mol. The monoisotopic (exact) mass is 612 g/mol. The predicted octanol–water partition coefficient (Wildman–Crippen LogP) is 8.53. The lowest BCUT2D eigenvalue weighted by atomic mass is 9.99. The van der Waals surface area contributed by atoms with Gasteiger partial charge in [-0.25, -0.2) is 19.6 Å². The van der Waals surface area contributed by atoms with E-state index in [1.54, 1.807) is 0 Å². The van der Waals surface area contributed by atoms with E-state index in [2.05, 4.69) is 47.6 Å². The van der Waals surface area contributed by atoms with E-state index in [0.29, 0.717) is 0 Å². The Labute approximate surface area is 266 Å². The first-order valence-corrected chi connectivity index (χ1v) is 16.2. The minimum Gasteiger partial charge on any atom is -0.477 e. The van der Waals surface area contributed by atoms with Crippen LogP contribution in [0, 0.1) is 27.7 Å². The number of nitrogens with one attached hydrogen (secondary N) is 2. The Morgan fingerprint density at radius 2 is 0.978 bits per heavy atom. The molecule has 0 atom stereocenters. The number of carbonyl (C=O) groups is 2. The number of rotatable bonds is 14. The summed E-state index contributed by atoms with van der Waals surface area (Å²) in [4.78, 5) is 39.1. The lowest BCUT2D eigenvalue weighted by Crippen LogP contribution is -2.11. The molecule has 45 heavy (non-hydrogen) atoms. The average molecular weight is 613 g/mol. The van der Waals surface area contributed by atoms with E-state index in [-0.39, 0.29) is 11.4 Å². The standard InChI is InChI=1S/C37H48N4O4/c1-9-26-22(5)34(36(42)43)40-32(26)18-30-20(3)28(24(7)38-30)16-14-12-11-13-15-17-29-21(4)31(39-25(29)8)19-33-27(10-2)23(6)35(41-33)37(44)45/h18-19,38-39H,9-17H2,1-8H3,(H,42,43)(H,44,45)/b32-18-,33-19-. The molecule has 0 radical (unpaired) electrons. The van der Waals surface area contributed by atoms with Gasteiger partial charge in [-0.2, -0.15) is 0 Å². The van der Waals surface area contributed by atoms with Gasteiger partial charge in [0.25, 0.3) is 0 Å². The molecule has 2 aliphatic rings. The summed E-state index contributed by atoms with van der Waals surface area (Å²) in [5.74, 6) is -1.96. The maximum absolute atomic E-state index is 11.6. The van der Waals surface area contributed by atoms with Crippen molar-refractivity contribution in [3.05, 3.63) is 78.7 Å². The van der Waals surface area contributed by atoms with Gasteiger partial charge in [0.2, 0.25) is 0 Å². The highest BCUT2D eigenvalue weighted by Crippen LogP contribution is 2.33. The number of carboxylic acid groups (broad SMARTS) is 2. The molecule has 0 amide bonds. The molecule has 8 heteroatoms. The Kier molecular flexibility index (Phi) is 10.7. The molecule has 0 saturated carbocycles. The fraction of sp³-hybridized carbons (Fsp3) is 0.459. The van der Waals surface area contributed by atoms with Crippen LogP contribution in [-0.2, 0) is 22.4 Å². The highest BCUT2D eigenvalue weighted by atomic mass is 16.4. The van der Waals surface area contributed by atoms with E-state index in [9.17, 15) is 19.8 Å². The van der Waals surface area contributed by atoms with Gasteiger partial charge in [-0.15, -0.1) is 0 Å². The number of aliphatic imine (C=N–C) groups is 2. The Morgan fingerprint density at radius 1 is 0.622 bits per heavy atom. The summed E-state index contributed by atoms with van der Waals surface area (Å²) in [6.07, 6.45) is 13.3. The fourth-order valence-electron chi connectivity index (χ4n) is 6.84. The molecule has 0 saturated heterocycles. The lowest BCUT2D eigenvalue weighted by Gasteiger charge is -2.06. The molecule has 4 rings (SSSR count).